The molecule has 0 aliphatic heterocycles. The third-order valence-electron chi connectivity index (χ3n) is 4.75. The second-order valence-corrected chi connectivity index (χ2v) is 6.78. The molecule has 0 heterocycles. The molecule has 0 aliphatic rings. The highest BCUT2D eigenvalue weighted by Gasteiger charge is 2.18. The average molecular weight is 392 g/mol. The third-order valence-corrected chi connectivity index (χ3v) is 4.75. The van der Waals surface area contributed by atoms with Crippen LogP contribution in [0.3, 0.4) is 0 Å². The van der Waals surface area contributed by atoms with Crippen molar-refractivity contribution in [2.45, 2.75) is 60.3 Å². The first kappa shape index (κ1) is 26.3. The molecule has 0 bridgehead atoms. The van der Waals surface area contributed by atoms with E-state index in [2.05, 4.69) is 74.6 Å². The highest BCUT2D eigenvalue weighted by Crippen LogP contribution is 2.22. The van der Waals surface area contributed by atoms with E-state index in [1.165, 1.54) is 11.4 Å². The summed E-state index contributed by atoms with van der Waals surface area (Å²) in [7, 11) is 0. The van der Waals surface area contributed by atoms with Crippen LogP contribution in [0.2, 0.25) is 0 Å². The van der Waals surface area contributed by atoms with Crippen molar-refractivity contribution in [3.8, 4) is 0 Å². The lowest BCUT2D eigenvalue weighted by atomic mass is 10.1. The first-order valence-electron chi connectivity index (χ1n) is 11.0. The fourth-order valence-corrected chi connectivity index (χ4v) is 3.19. The fraction of sp³-hybridized carbons (Fsp3) is 0.667. The molecular formula is C24H45N3O. The minimum atomic E-state index is 0.803. The first-order chi connectivity index (χ1) is 13.6. The van der Waals surface area contributed by atoms with E-state index < -0.39 is 0 Å². The molecule has 0 rings (SSSR count). The fourth-order valence-electron chi connectivity index (χ4n) is 3.19. The lowest BCUT2D eigenvalue weighted by Gasteiger charge is -2.36. The van der Waals surface area contributed by atoms with Crippen LogP contribution >= 0.6 is 0 Å². The number of nitrogens with zero attached hydrogens (tertiary/aromatic N) is 3. The molecule has 0 aromatic heterocycles. The van der Waals surface area contributed by atoms with Gasteiger partial charge in [-0.3, -0.25) is 0 Å². The first-order valence-corrected chi connectivity index (χ1v) is 11.0. The summed E-state index contributed by atoms with van der Waals surface area (Å²) in [6, 6.07) is 0. The summed E-state index contributed by atoms with van der Waals surface area (Å²) in [5.74, 6) is 0. The zero-order valence-corrected chi connectivity index (χ0v) is 19.3. The van der Waals surface area contributed by atoms with Crippen LogP contribution in [-0.2, 0) is 4.74 Å². The van der Waals surface area contributed by atoms with Crippen molar-refractivity contribution in [2.75, 3.05) is 46.1 Å². The SMILES string of the molecule is C=CCN(C=C)CN(CC)C(=C/CCC)/C(=C\C)N(CC)CCCCOCC. The van der Waals surface area contributed by atoms with Crippen LogP contribution in [0.25, 0.3) is 0 Å². The topological polar surface area (TPSA) is 19.0 Å². The molecular weight excluding hydrogens is 346 g/mol. The van der Waals surface area contributed by atoms with E-state index in [4.69, 9.17) is 4.74 Å². The van der Waals surface area contributed by atoms with Crippen molar-refractivity contribution >= 4 is 0 Å². The zero-order chi connectivity index (χ0) is 21.2. The number of rotatable bonds is 18. The van der Waals surface area contributed by atoms with Gasteiger partial charge in [0.15, 0.2) is 0 Å². The van der Waals surface area contributed by atoms with Crippen molar-refractivity contribution in [2.24, 2.45) is 0 Å². The predicted octanol–water partition coefficient (Wildman–Crippen LogP) is 5.62. The van der Waals surface area contributed by atoms with Crippen molar-refractivity contribution in [1.29, 1.82) is 0 Å². The van der Waals surface area contributed by atoms with E-state index in [-0.39, 0.29) is 0 Å². The van der Waals surface area contributed by atoms with Crippen molar-refractivity contribution < 1.29 is 4.74 Å². The number of allylic oxidation sites excluding steroid dienone is 2. The van der Waals surface area contributed by atoms with Crippen LogP contribution in [0.4, 0.5) is 0 Å². The quantitative estimate of drug-likeness (QED) is 0.131. The minimum Gasteiger partial charge on any atom is -0.382 e. The van der Waals surface area contributed by atoms with E-state index in [1.807, 2.05) is 12.3 Å². The van der Waals surface area contributed by atoms with E-state index >= 15 is 0 Å². The van der Waals surface area contributed by atoms with Gasteiger partial charge in [-0.15, -0.1) is 6.58 Å². The maximum atomic E-state index is 5.50. The molecule has 0 unspecified atom stereocenters. The Morgan fingerprint density at radius 1 is 0.964 bits per heavy atom. The lowest BCUT2D eigenvalue weighted by molar-refractivity contribution is 0.140. The van der Waals surface area contributed by atoms with Gasteiger partial charge in [-0.25, -0.2) is 0 Å². The van der Waals surface area contributed by atoms with Crippen LogP contribution in [0.5, 0.6) is 0 Å². The highest BCUT2D eigenvalue weighted by atomic mass is 16.5. The van der Waals surface area contributed by atoms with Gasteiger partial charge >= 0.3 is 0 Å². The van der Waals surface area contributed by atoms with Crippen LogP contribution in [0, 0.1) is 0 Å². The monoisotopic (exact) mass is 391 g/mol. The maximum Gasteiger partial charge on any atom is 0.0901 e. The van der Waals surface area contributed by atoms with Gasteiger partial charge in [0.1, 0.15) is 0 Å². The van der Waals surface area contributed by atoms with Crippen molar-refractivity contribution in [3.05, 3.63) is 49.0 Å². The van der Waals surface area contributed by atoms with Gasteiger partial charge in [-0.1, -0.05) is 38.2 Å². The van der Waals surface area contributed by atoms with Crippen molar-refractivity contribution in [3.63, 3.8) is 0 Å². The van der Waals surface area contributed by atoms with Crippen LogP contribution < -0.4 is 0 Å². The maximum absolute atomic E-state index is 5.50. The summed E-state index contributed by atoms with van der Waals surface area (Å²) in [5, 5.41) is 0. The zero-order valence-electron chi connectivity index (χ0n) is 19.3. The van der Waals surface area contributed by atoms with Crippen molar-refractivity contribution in [1.82, 2.24) is 14.7 Å². The molecule has 162 valence electrons. The molecule has 28 heavy (non-hydrogen) atoms. The minimum absolute atomic E-state index is 0.803. The molecule has 0 aliphatic carbocycles. The lowest BCUT2D eigenvalue weighted by Crippen LogP contribution is -2.38. The Labute approximate surface area is 175 Å². The standard InChI is InChI=1S/C24H45N3O/c1-8-15-18-24(27(13-6)22-25(11-4)19-9-2)23(10-3)26(12-5)20-16-17-21-28-14-7/h9-11,18H,2,4,8,12-17,19-22H2,1,3,5-7H3/b23-10+,24-18+. The summed E-state index contributed by atoms with van der Waals surface area (Å²) in [4.78, 5) is 7.14. The summed E-state index contributed by atoms with van der Waals surface area (Å²) in [5.41, 5.74) is 2.66. The molecule has 0 fully saturated rings. The van der Waals surface area contributed by atoms with Gasteiger partial charge in [0, 0.05) is 39.4 Å². The van der Waals surface area contributed by atoms with Gasteiger partial charge in [-0.05, 0) is 53.2 Å². The molecule has 0 spiro atoms. The van der Waals surface area contributed by atoms with Gasteiger partial charge in [-0.2, -0.15) is 0 Å². The Balaban J connectivity index is 5.41. The Morgan fingerprint density at radius 3 is 2.18 bits per heavy atom. The van der Waals surface area contributed by atoms with Crippen LogP contribution in [0.1, 0.15) is 60.3 Å². The van der Waals surface area contributed by atoms with Gasteiger partial charge in [0.25, 0.3) is 0 Å². The second-order valence-electron chi connectivity index (χ2n) is 6.78. The second kappa shape index (κ2) is 17.4. The van der Waals surface area contributed by atoms with Crippen LogP contribution in [-0.4, -0.2) is 60.8 Å². The van der Waals surface area contributed by atoms with Gasteiger partial charge < -0.3 is 19.4 Å². The van der Waals surface area contributed by atoms with E-state index in [0.29, 0.717) is 0 Å². The molecule has 4 heteroatoms. The molecule has 0 aromatic carbocycles. The Bertz CT molecular complexity index is 470. The van der Waals surface area contributed by atoms with Crippen LogP contribution in [0.15, 0.2) is 49.0 Å². The van der Waals surface area contributed by atoms with Gasteiger partial charge in [0.05, 0.1) is 18.1 Å². The van der Waals surface area contributed by atoms with E-state index in [9.17, 15) is 0 Å². The summed E-state index contributed by atoms with van der Waals surface area (Å²) in [6.07, 6.45) is 13.0. The molecule has 0 atom stereocenters. The molecule has 0 radical (unpaired) electrons. The van der Waals surface area contributed by atoms with E-state index in [0.717, 1.165) is 71.7 Å². The number of hydrogen-bond acceptors (Lipinski definition) is 4. The van der Waals surface area contributed by atoms with Gasteiger partial charge in [0.2, 0.25) is 0 Å². The number of ether oxygens (including phenoxy) is 1. The number of hydrogen-bond donors (Lipinski definition) is 0. The molecule has 4 nitrogen and oxygen atoms in total. The summed E-state index contributed by atoms with van der Waals surface area (Å²) < 4.78 is 5.50. The number of likely N-dealkylation sites (N-methyl/N-ethyl adjacent to an activating group) is 2. The smallest absolute Gasteiger partial charge is 0.0901 e. The Hall–Kier alpha value is -1.68. The number of unbranched alkanes of at least 4 members (excludes halogenated alkanes) is 2. The highest BCUT2D eigenvalue weighted by molar-refractivity contribution is 5.29. The molecule has 0 N–H and O–H groups in total. The normalized spacial score (nSPS) is 12.0. The molecule has 0 amide bonds. The summed E-state index contributed by atoms with van der Waals surface area (Å²) in [6.45, 7) is 25.1. The third kappa shape index (κ3) is 10.0. The molecule has 0 aromatic rings. The molecule has 0 saturated heterocycles. The Kier molecular flexibility index (Phi) is 16.4. The predicted molar refractivity (Wildman–Crippen MR) is 124 cm³/mol. The van der Waals surface area contributed by atoms with E-state index in [1.54, 1.807) is 0 Å². The average Bonchev–Trinajstić information content (AvgIpc) is 2.72. The largest absolute Gasteiger partial charge is 0.382 e. The Morgan fingerprint density at radius 2 is 1.68 bits per heavy atom. The summed E-state index contributed by atoms with van der Waals surface area (Å²) >= 11 is 0. The molecule has 0 saturated carbocycles.